The third-order valence-electron chi connectivity index (χ3n) is 2.84. The molecule has 0 saturated heterocycles. The van der Waals surface area contributed by atoms with E-state index in [1.807, 2.05) is 6.07 Å². The predicted molar refractivity (Wildman–Crippen MR) is 72.6 cm³/mol. The van der Waals surface area contributed by atoms with Gasteiger partial charge in [-0.3, -0.25) is 9.48 Å². The maximum atomic E-state index is 11.8. The van der Waals surface area contributed by atoms with Gasteiger partial charge in [-0.05, 0) is 24.1 Å². The van der Waals surface area contributed by atoms with Crippen LogP contribution in [0.3, 0.4) is 0 Å². The summed E-state index contributed by atoms with van der Waals surface area (Å²) < 4.78 is 1.56. The van der Waals surface area contributed by atoms with Gasteiger partial charge in [0.1, 0.15) is 0 Å². The van der Waals surface area contributed by atoms with E-state index in [0.29, 0.717) is 18.5 Å². The molecule has 2 N–H and O–H groups in total. The molecular weight excluding hydrogens is 258 g/mol. The fourth-order valence-electron chi connectivity index (χ4n) is 1.82. The summed E-state index contributed by atoms with van der Waals surface area (Å²) in [5.41, 5.74) is 1.63. The molecule has 0 spiro atoms. The highest BCUT2D eigenvalue weighted by molar-refractivity contribution is 5.93. The van der Waals surface area contributed by atoms with Crippen molar-refractivity contribution in [2.45, 2.75) is 6.42 Å². The lowest BCUT2D eigenvalue weighted by atomic mass is 10.1. The van der Waals surface area contributed by atoms with E-state index in [1.54, 1.807) is 36.1 Å². The number of benzene rings is 1. The molecular formula is C14H15N3O3. The Hall–Kier alpha value is -2.63. The average Bonchev–Trinajstić information content (AvgIpc) is 2.86. The van der Waals surface area contributed by atoms with Crippen LogP contribution in [0.1, 0.15) is 26.3 Å². The van der Waals surface area contributed by atoms with Gasteiger partial charge in [0.05, 0.1) is 17.3 Å². The van der Waals surface area contributed by atoms with Gasteiger partial charge in [-0.1, -0.05) is 12.1 Å². The first-order chi connectivity index (χ1) is 9.56. The zero-order valence-electron chi connectivity index (χ0n) is 11.0. The summed E-state index contributed by atoms with van der Waals surface area (Å²) in [7, 11) is 1.74. The lowest BCUT2D eigenvalue weighted by molar-refractivity contribution is 0.0696. The van der Waals surface area contributed by atoms with E-state index < -0.39 is 5.97 Å². The van der Waals surface area contributed by atoms with Crippen LogP contribution in [0.4, 0.5) is 0 Å². The van der Waals surface area contributed by atoms with Crippen molar-refractivity contribution in [2.75, 3.05) is 6.54 Å². The lowest BCUT2D eigenvalue weighted by Crippen LogP contribution is -2.25. The molecule has 2 rings (SSSR count). The van der Waals surface area contributed by atoms with Gasteiger partial charge in [0.2, 0.25) is 0 Å². The van der Waals surface area contributed by atoms with Crippen LogP contribution < -0.4 is 5.32 Å². The number of carboxylic acid groups (broad SMARTS) is 1. The summed E-state index contributed by atoms with van der Waals surface area (Å²) in [4.78, 5) is 22.6. The molecule has 1 amide bonds. The van der Waals surface area contributed by atoms with Crippen molar-refractivity contribution in [2.24, 2.45) is 7.05 Å². The molecule has 6 heteroatoms. The maximum absolute atomic E-state index is 11.8. The van der Waals surface area contributed by atoms with Crippen molar-refractivity contribution >= 4 is 11.9 Å². The molecule has 0 atom stereocenters. The number of carbonyl (C=O) groups is 2. The Morgan fingerprint density at radius 2 is 2.15 bits per heavy atom. The number of hydrogen-bond donors (Lipinski definition) is 2. The minimum atomic E-state index is -0.953. The number of aromatic carboxylic acids is 1. The third kappa shape index (κ3) is 3.44. The van der Waals surface area contributed by atoms with Crippen molar-refractivity contribution < 1.29 is 14.7 Å². The first-order valence-electron chi connectivity index (χ1n) is 6.15. The second kappa shape index (κ2) is 6.01. The van der Waals surface area contributed by atoms with Crippen LogP contribution in [0, 0.1) is 0 Å². The molecule has 0 bridgehead atoms. The Bertz CT molecular complexity index is 634. The first kappa shape index (κ1) is 13.8. The lowest BCUT2D eigenvalue weighted by Gasteiger charge is -2.04. The van der Waals surface area contributed by atoms with Crippen LogP contribution in [0.2, 0.25) is 0 Å². The average molecular weight is 273 g/mol. The smallest absolute Gasteiger partial charge is 0.335 e. The van der Waals surface area contributed by atoms with Crippen LogP contribution in [0.15, 0.2) is 36.7 Å². The summed E-state index contributed by atoms with van der Waals surface area (Å²) in [6, 6.07) is 6.68. The molecule has 0 aliphatic rings. The third-order valence-corrected chi connectivity index (χ3v) is 2.84. The number of nitrogens with one attached hydrogen (secondary N) is 1. The Kier molecular flexibility index (Phi) is 4.14. The fourth-order valence-corrected chi connectivity index (χ4v) is 1.82. The number of aromatic nitrogens is 2. The van der Waals surface area contributed by atoms with E-state index in [1.165, 1.54) is 6.20 Å². The molecule has 0 aliphatic heterocycles. The number of carbonyl (C=O) groups excluding carboxylic acids is 1. The Labute approximate surface area is 116 Å². The molecule has 0 saturated carbocycles. The van der Waals surface area contributed by atoms with Crippen molar-refractivity contribution in [3.8, 4) is 0 Å². The molecule has 0 aliphatic carbocycles. The van der Waals surface area contributed by atoms with Gasteiger partial charge in [-0.25, -0.2) is 4.79 Å². The summed E-state index contributed by atoms with van der Waals surface area (Å²) in [5, 5.41) is 15.6. The SMILES string of the molecule is Cn1cc(C(=O)NCCc2cccc(C(=O)O)c2)cn1. The van der Waals surface area contributed by atoms with Crippen molar-refractivity contribution in [1.29, 1.82) is 0 Å². The minimum absolute atomic E-state index is 0.188. The molecule has 1 aromatic heterocycles. The topological polar surface area (TPSA) is 84.2 Å². The molecule has 0 radical (unpaired) electrons. The number of aryl methyl sites for hydroxylation is 1. The molecule has 1 heterocycles. The molecule has 0 unspecified atom stereocenters. The van der Waals surface area contributed by atoms with E-state index in [2.05, 4.69) is 10.4 Å². The predicted octanol–water partition coefficient (Wildman–Crippen LogP) is 1.09. The number of amides is 1. The summed E-state index contributed by atoms with van der Waals surface area (Å²) in [6.45, 7) is 0.441. The number of rotatable bonds is 5. The highest BCUT2D eigenvalue weighted by Gasteiger charge is 2.07. The second-order valence-corrected chi connectivity index (χ2v) is 4.41. The van der Waals surface area contributed by atoms with E-state index in [4.69, 9.17) is 5.11 Å². The van der Waals surface area contributed by atoms with Crippen molar-refractivity contribution in [1.82, 2.24) is 15.1 Å². The van der Waals surface area contributed by atoms with Crippen LogP contribution in [-0.2, 0) is 13.5 Å². The highest BCUT2D eigenvalue weighted by Crippen LogP contribution is 2.06. The summed E-state index contributed by atoms with van der Waals surface area (Å²) in [6.07, 6.45) is 3.72. The van der Waals surface area contributed by atoms with Crippen molar-refractivity contribution in [3.05, 3.63) is 53.3 Å². The normalized spacial score (nSPS) is 10.2. The first-order valence-corrected chi connectivity index (χ1v) is 6.15. The fraction of sp³-hybridized carbons (Fsp3) is 0.214. The number of nitrogens with zero attached hydrogens (tertiary/aromatic N) is 2. The van der Waals surface area contributed by atoms with E-state index >= 15 is 0 Å². The molecule has 6 nitrogen and oxygen atoms in total. The zero-order chi connectivity index (χ0) is 14.5. The standard InChI is InChI=1S/C14H15N3O3/c1-17-9-12(8-16-17)13(18)15-6-5-10-3-2-4-11(7-10)14(19)20/h2-4,7-9H,5-6H2,1H3,(H,15,18)(H,19,20). The van der Waals surface area contributed by atoms with Crippen LogP contribution in [0.5, 0.6) is 0 Å². The van der Waals surface area contributed by atoms with Gasteiger partial charge in [-0.2, -0.15) is 5.10 Å². The van der Waals surface area contributed by atoms with Gasteiger partial charge in [0.15, 0.2) is 0 Å². The molecule has 20 heavy (non-hydrogen) atoms. The van der Waals surface area contributed by atoms with Gasteiger partial charge < -0.3 is 10.4 Å². The number of carboxylic acids is 1. The van der Waals surface area contributed by atoms with Gasteiger partial charge in [0.25, 0.3) is 5.91 Å². The molecule has 1 aromatic carbocycles. The van der Waals surface area contributed by atoms with Crippen LogP contribution >= 0.6 is 0 Å². The monoisotopic (exact) mass is 273 g/mol. The van der Waals surface area contributed by atoms with E-state index in [9.17, 15) is 9.59 Å². The molecule has 104 valence electrons. The van der Waals surface area contributed by atoms with Crippen LogP contribution in [0.25, 0.3) is 0 Å². The summed E-state index contributed by atoms with van der Waals surface area (Å²) >= 11 is 0. The maximum Gasteiger partial charge on any atom is 0.335 e. The van der Waals surface area contributed by atoms with Gasteiger partial charge in [-0.15, -0.1) is 0 Å². The zero-order valence-corrected chi connectivity index (χ0v) is 11.0. The largest absolute Gasteiger partial charge is 0.478 e. The van der Waals surface area contributed by atoms with Gasteiger partial charge in [0, 0.05) is 19.8 Å². The Balaban J connectivity index is 1.88. The Morgan fingerprint density at radius 3 is 2.80 bits per heavy atom. The second-order valence-electron chi connectivity index (χ2n) is 4.41. The minimum Gasteiger partial charge on any atom is -0.478 e. The number of hydrogen-bond acceptors (Lipinski definition) is 3. The molecule has 0 fully saturated rings. The quantitative estimate of drug-likeness (QED) is 0.854. The van der Waals surface area contributed by atoms with E-state index in [-0.39, 0.29) is 11.5 Å². The highest BCUT2D eigenvalue weighted by atomic mass is 16.4. The van der Waals surface area contributed by atoms with E-state index in [0.717, 1.165) is 5.56 Å². The van der Waals surface area contributed by atoms with Crippen molar-refractivity contribution in [3.63, 3.8) is 0 Å². The Morgan fingerprint density at radius 1 is 1.35 bits per heavy atom. The molecule has 2 aromatic rings. The summed E-state index contributed by atoms with van der Waals surface area (Å²) in [5.74, 6) is -1.14. The van der Waals surface area contributed by atoms with Crippen LogP contribution in [-0.4, -0.2) is 33.3 Å². The van der Waals surface area contributed by atoms with Gasteiger partial charge >= 0.3 is 5.97 Å².